The summed E-state index contributed by atoms with van der Waals surface area (Å²) in [5.41, 5.74) is 22.8. The average molecular weight is 373 g/mol. The predicted molar refractivity (Wildman–Crippen MR) is 95.9 cm³/mol. The van der Waals surface area contributed by atoms with Gasteiger partial charge in [0.05, 0.1) is 13.2 Å². The minimum absolute atomic E-state index is 0.204. The summed E-state index contributed by atoms with van der Waals surface area (Å²) in [5.74, 6) is 0. The number of nitrogens with two attached hydrogens (primary N) is 4. The van der Waals surface area contributed by atoms with Gasteiger partial charge in [-0.05, 0) is 12.8 Å². The fourth-order valence-corrected chi connectivity index (χ4v) is 3.86. The molecule has 0 saturated heterocycles. The summed E-state index contributed by atoms with van der Waals surface area (Å²) in [6.07, 6.45) is 7.64. The molecule has 0 atom stereocenters. The maximum absolute atomic E-state index is 13.0. The summed E-state index contributed by atoms with van der Waals surface area (Å²) >= 11 is 5.81. The quantitative estimate of drug-likeness (QED) is 0.121. The second-order valence-corrected chi connectivity index (χ2v) is 8.76. The van der Waals surface area contributed by atoms with Gasteiger partial charge in [-0.3, -0.25) is 27.5 Å². The van der Waals surface area contributed by atoms with Gasteiger partial charge in [-0.25, -0.2) is 0 Å². The van der Waals surface area contributed by atoms with Crippen LogP contribution in [0.15, 0.2) is 0 Å². The first-order valence-electron chi connectivity index (χ1n) is 8.36. The van der Waals surface area contributed by atoms with Crippen LogP contribution in [-0.2, 0) is 13.6 Å². The number of rotatable bonds is 14. The minimum atomic E-state index is -3.97. The Balaban J connectivity index is 4.74. The number of unbranched alkanes of at least 4 members (excludes halogenated alkanes) is 6. The van der Waals surface area contributed by atoms with E-state index in [1.165, 1.54) is 0 Å². The second kappa shape index (κ2) is 11.0. The van der Waals surface area contributed by atoms with Crippen molar-refractivity contribution in [2.24, 2.45) is 22.9 Å². The van der Waals surface area contributed by atoms with E-state index < -0.39 is 18.1 Å². The SMILES string of the molecule is CCCCCCOP(=O)(OCCCCCC)C(N)(N)C(N)(N)Cl. The highest BCUT2D eigenvalue weighted by Crippen LogP contribution is 2.58. The van der Waals surface area contributed by atoms with Crippen LogP contribution in [0, 0.1) is 0 Å². The lowest BCUT2D eigenvalue weighted by Gasteiger charge is -2.39. The van der Waals surface area contributed by atoms with Gasteiger partial charge >= 0.3 is 7.60 Å². The highest BCUT2D eigenvalue weighted by atomic mass is 35.5. The summed E-state index contributed by atoms with van der Waals surface area (Å²) in [5, 5.41) is -4.30. The Labute approximate surface area is 145 Å². The molecule has 0 radical (unpaired) electrons. The van der Waals surface area contributed by atoms with Crippen LogP contribution < -0.4 is 22.9 Å². The van der Waals surface area contributed by atoms with Crippen LogP contribution in [0.3, 0.4) is 0 Å². The molecule has 0 heterocycles. The zero-order valence-corrected chi connectivity index (χ0v) is 16.1. The summed E-state index contributed by atoms with van der Waals surface area (Å²) in [4.78, 5) is 0. The Kier molecular flexibility index (Phi) is 11.1. The molecule has 0 aromatic rings. The van der Waals surface area contributed by atoms with E-state index in [4.69, 9.17) is 43.6 Å². The molecule has 9 heteroatoms. The van der Waals surface area contributed by atoms with Gasteiger partial charge < -0.3 is 9.05 Å². The number of hydrogen-bond acceptors (Lipinski definition) is 7. The molecule has 8 N–H and O–H groups in total. The van der Waals surface area contributed by atoms with E-state index >= 15 is 0 Å². The van der Waals surface area contributed by atoms with Crippen LogP contribution in [0.2, 0.25) is 0 Å². The van der Waals surface area contributed by atoms with Gasteiger partial charge in [-0.15, -0.1) is 0 Å². The van der Waals surface area contributed by atoms with Gasteiger partial charge in [0.1, 0.15) is 0 Å². The zero-order valence-electron chi connectivity index (χ0n) is 14.4. The van der Waals surface area contributed by atoms with Crippen molar-refractivity contribution in [3.8, 4) is 0 Å². The van der Waals surface area contributed by atoms with E-state index in [1.54, 1.807) is 0 Å². The molecule has 0 fully saturated rings. The molecule has 23 heavy (non-hydrogen) atoms. The summed E-state index contributed by atoms with van der Waals surface area (Å²) < 4.78 is 23.8. The summed E-state index contributed by atoms with van der Waals surface area (Å²) in [6.45, 7) is 4.60. The Bertz CT molecular complexity index is 346. The van der Waals surface area contributed by atoms with Gasteiger partial charge in [0.25, 0.3) is 0 Å². The first-order valence-corrected chi connectivity index (χ1v) is 10.3. The van der Waals surface area contributed by atoms with E-state index in [1.807, 2.05) is 0 Å². The van der Waals surface area contributed by atoms with Crippen molar-refractivity contribution < 1.29 is 13.6 Å². The number of alkyl halides is 1. The van der Waals surface area contributed by atoms with Gasteiger partial charge in [-0.1, -0.05) is 64.0 Å². The maximum Gasteiger partial charge on any atom is 0.369 e. The third-order valence-corrected chi connectivity index (χ3v) is 6.35. The van der Waals surface area contributed by atoms with Crippen molar-refractivity contribution >= 4 is 19.2 Å². The molecule has 0 aliphatic heterocycles. The number of halogens is 1. The van der Waals surface area contributed by atoms with E-state index in [9.17, 15) is 4.57 Å². The van der Waals surface area contributed by atoms with Gasteiger partial charge in [0, 0.05) is 0 Å². The smallest absolute Gasteiger partial charge is 0.306 e. The van der Waals surface area contributed by atoms with Crippen molar-refractivity contribution in [1.29, 1.82) is 0 Å². The highest BCUT2D eigenvalue weighted by Gasteiger charge is 2.56. The summed E-state index contributed by atoms with van der Waals surface area (Å²) in [7, 11) is -3.97. The Morgan fingerprint density at radius 3 is 1.52 bits per heavy atom. The van der Waals surface area contributed by atoms with E-state index in [0.29, 0.717) is 0 Å². The fraction of sp³-hybridized carbons (Fsp3) is 1.00. The largest absolute Gasteiger partial charge is 0.369 e. The molecular formula is C14H34ClN4O3P. The minimum Gasteiger partial charge on any atom is -0.306 e. The van der Waals surface area contributed by atoms with Crippen LogP contribution in [0.4, 0.5) is 0 Å². The van der Waals surface area contributed by atoms with Crippen molar-refractivity contribution in [2.45, 2.75) is 75.7 Å². The molecule has 0 aromatic heterocycles. The zero-order chi connectivity index (χ0) is 18.0. The second-order valence-electron chi connectivity index (χ2n) is 5.88. The first-order chi connectivity index (χ1) is 10.6. The molecular weight excluding hydrogens is 339 g/mol. The van der Waals surface area contributed by atoms with E-state index in [2.05, 4.69) is 13.8 Å². The average Bonchev–Trinajstić information content (AvgIpc) is 2.45. The van der Waals surface area contributed by atoms with Crippen LogP contribution in [0.5, 0.6) is 0 Å². The van der Waals surface area contributed by atoms with Gasteiger partial charge in [-0.2, -0.15) is 0 Å². The summed E-state index contributed by atoms with van der Waals surface area (Å²) in [6, 6.07) is 0. The molecule has 0 aliphatic rings. The molecule has 0 saturated carbocycles. The molecule has 0 spiro atoms. The lowest BCUT2D eigenvalue weighted by atomic mass is 10.2. The normalized spacial score (nSPS) is 13.5. The van der Waals surface area contributed by atoms with Gasteiger partial charge in [0.2, 0.25) is 5.40 Å². The van der Waals surface area contributed by atoms with Crippen LogP contribution in [-0.4, -0.2) is 23.7 Å². The maximum atomic E-state index is 13.0. The molecule has 0 unspecified atom stereocenters. The predicted octanol–water partition coefficient (Wildman–Crippen LogP) is 2.75. The van der Waals surface area contributed by atoms with Gasteiger partial charge in [0.15, 0.2) is 5.12 Å². The van der Waals surface area contributed by atoms with Crippen LogP contribution >= 0.6 is 19.2 Å². The first kappa shape index (κ1) is 23.3. The molecule has 0 bridgehead atoms. The van der Waals surface area contributed by atoms with Crippen molar-refractivity contribution in [2.75, 3.05) is 13.2 Å². The van der Waals surface area contributed by atoms with Crippen molar-refractivity contribution in [3.63, 3.8) is 0 Å². The fourth-order valence-electron chi connectivity index (χ4n) is 1.89. The number of hydrogen-bond donors (Lipinski definition) is 4. The Morgan fingerprint density at radius 1 is 0.826 bits per heavy atom. The lowest BCUT2D eigenvalue weighted by Crippen LogP contribution is -2.72. The molecule has 0 rings (SSSR count). The Morgan fingerprint density at radius 2 is 1.22 bits per heavy atom. The topological polar surface area (TPSA) is 140 Å². The van der Waals surface area contributed by atoms with Crippen LogP contribution in [0.25, 0.3) is 0 Å². The molecule has 7 nitrogen and oxygen atoms in total. The molecule has 0 aliphatic carbocycles. The van der Waals surface area contributed by atoms with E-state index in [-0.39, 0.29) is 13.2 Å². The van der Waals surface area contributed by atoms with Crippen LogP contribution in [0.1, 0.15) is 65.2 Å². The molecule has 0 amide bonds. The van der Waals surface area contributed by atoms with Crippen molar-refractivity contribution in [3.05, 3.63) is 0 Å². The third-order valence-electron chi connectivity index (χ3n) is 3.59. The molecule has 140 valence electrons. The molecule has 0 aromatic carbocycles. The third kappa shape index (κ3) is 7.80. The van der Waals surface area contributed by atoms with E-state index in [0.717, 1.165) is 51.4 Å². The lowest BCUT2D eigenvalue weighted by molar-refractivity contribution is 0.167. The van der Waals surface area contributed by atoms with Crippen molar-refractivity contribution in [1.82, 2.24) is 0 Å². The standard InChI is InChI=1S/C14H34ClN4O3P/c1-3-5-7-9-11-21-23(20,14(18,19)13(15,16)17)22-12-10-8-6-4-2/h3-12,16-19H2,1-2H3. The highest BCUT2D eigenvalue weighted by molar-refractivity contribution is 7.55. The Hall–Kier alpha value is 0.280. The monoisotopic (exact) mass is 372 g/mol.